The first-order valence-electron chi connectivity index (χ1n) is 8.84. The second kappa shape index (κ2) is 5.95. The predicted octanol–water partition coefficient (Wildman–Crippen LogP) is 5.03. The quantitative estimate of drug-likeness (QED) is 0.356. The number of nitrogens with one attached hydrogen (secondary N) is 1. The van der Waals surface area contributed by atoms with E-state index in [-0.39, 0.29) is 5.41 Å². The van der Waals surface area contributed by atoms with E-state index < -0.39 is 29.2 Å². The predicted molar refractivity (Wildman–Crippen MR) is 86.0 cm³/mol. The van der Waals surface area contributed by atoms with Crippen LogP contribution in [0.15, 0.2) is 5.10 Å². The Kier molecular flexibility index (Phi) is 4.00. The highest BCUT2D eigenvalue weighted by atomic mass is 19.2. The summed E-state index contributed by atoms with van der Waals surface area (Å²) < 4.78 is 53.6. The summed E-state index contributed by atoms with van der Waals surface area (Å²) in [6, 6.07) is 0. The van der Waals surface area contributed by atoms with Gasteiger partial charge in [0.05, 0.1) is 0 Å². The van der Waals surface area contributed by atoms with Gasteiger partial charge in [0.25, 0.3) is 11.9 Å². The van der Waals surface area contributed by atoms with E-state index in [2.05, 4.69) is 15.5 Å². The summed E-state index contributed by atoms with van der Waals surface area (Å²) >= 11 is 0. The molecule has 4 fully saturated rings. The minimum Gasteiger partial charge on any atom is -0.272 e. The number of hydrogen-bond donors (Lipinski definition) is 1. The Morgan fingerprint density at radius 2 is 1.48 bits per heavy atom. The third-order valence-electron chi connectivity index (χ3n) is 6.15. The second-order valence-electron chi connectivity index (χ2n) is 8.25. The SMILES string of the molecule is C/C(CC12CC3CC(CC(C3)C1)C2)=N\Nc1c(F)c(F)nc(F)c1F. The fourth-order valence-corrected chi connectivity index (χ4v) is 5.83. The summed E-state index contributed by atoms with van der Waals surface area (Å²) in [5, 5.41) is 4.00. The molecular formula is C18H21F4N3. The van der Waals surface area contributed by atoms with E-state index >= 15 is 0 Å². The van der Waals surface area contributed by atoms with Gasteiger partial charge >= 0.3 is 0 Å². The van der Waals surface area contributed by atoms with Crippen LogP contribution >= 0.6 is 0 Å². The third-order valence-corrected chi connectivity index (χ3v) is 6.15. The molecule has 7 heteroatoms. The Labute approximate surface area is 143 Å². The molecule has 4 bridgehead atoms. The zero-order valence-electron chi connectivity index (χ0n) is 14.1. The van der Waals surface area contributed by atoms with Crippen molar-refractivity contribution in [1.82, 2.24) is 4.98 Å². The van der Waals surface area contributed by atoms with Crippen LogP contribution in [-0.4, -0.2) is 10.7 Å². The molecule has 0 unspecified atom stereocenters. The first-order chi connectivity index (χ1) is 11.8. The lowest BCUT2D eigenvalue weighted by atomic mass is 9.48. The lowest BCUT2D eigenvalue weighted by Gasteiger charge is -2.57. The molecule has 0 saturated heterocycles. The van der Waals surface area contributed by atoms with Crippen molar-refractivity contribution >= 4 is 11.4 Å². The lowest BCUT2D eigenvalue weighted by Crippen LogP contribution is -2.46. The van der Waals surface area contributed by atoms with Crippen molar-refractivity contribution in [3.8, 4) is 0 Å². The number of nitrogens with zero attached hydrogens (tertiary/aromatic N) is 2. The lowest BCUT2D eigenvalue weighted by molar-refractivity contribution is -0.0482. The zero-order chi connectivity index (χ0) is 17.8. The summed E-state index contributed by atoms with van der Waals surface area (Å²) in [6.45, 7) is 1.79. The molecule has 25 heavy (non-hydrogen) atoms. The number of pyridine rings is 1. The topological polar surface area (TPSA) is 37.3 Å². The maximum Gasteiger partial charge on any atom is 0.254 e. The van der Waals surface area contributed by atoms with Crippen molar-refractivity contribution in [3.63, 3.8) is 0 Å². The van der Waals surface area contributed by atoms with E-state index in [0.717, 1.165) is 24.2 Å². The standard InChI is InChI=1S/C18H21F4N3/c1-9(24-25-15-13(19)16(21)23-17(22)14(15)20)5-18-6-10-2-11(7-18)4-12(3-10)8-18/h10-12H,2-8H2,1H3,(H,23,25)/b24-9+. The van der Waals surface area contributed by atoms with Gasteiger partial charge in [0, 0.05) is 5.71 Å². The molecule has 0 amide bonds. The highest BCUT2D eigenvalue weighted by Crippen LogP contribution is 2.61. The van der Waals surface area contributed by atoms with E-state index in [9.17, 15) is 17.6 Å². The van der Waals surface area contributed by atoms with E-state index in [1.54, 1.807) is 6.92 Å². The molecule has 3 nitrogen and oxygen atoms in total. The van der Waals surface area contributed by atoms with E-state index in [4.69, 9.17) is 0 Å². The van der Waals surface area contributed by atoms with Crippen LogP contribution in [0.3, 0.4) is 0 Å². The first kappa shape index (κ1) is 16.8. The monoisotopic (exact) mass is 355 g/mol. The van der Waals surface area contributed by atoms with Crippen LogP contribution in [0.4, 0.5) is 23.2 Å². The van der Waals surface area contributed by atoms with Gasteiger partial charge < -0.3 is 0 Å². The van der Waals surface area contributed by atoms with Gasteiger partial charge in [-0.2, -0.15) is 27.6 Å². The summed E-state index contributed by atoms with van der Waals surface area (Å²) in [5.74, 6) is -4.11. The molecule has 0 radical (unpaired) electrons. The number of hydrazone groups is 1. The van der Waals surface area contributed by atoms with Crippen molar-refractivity contribution in [2.24, 2.45) is 28.3 Å². The Morgan fingerprint density at radius 1 is 1.00 bits per heavy atom. The van der Waals surface area contributed by atoms with Crippen LogP contribution in [0.1, 0.15) is 51.9 Å². The maximum atomic E-state index is 13.6. The van der Waals surface area contributed by atoms with Gasteiger partial charge in [-0.1, -0.05) is 0 Å². The molecule has 5 rings (SSSR count). The zero-order valence-corrected chi connectivity index (χ0v) is 14.1. The molecule has 1 heterocycles. The van der Waals surface area contributed by atoms with Crippen LogP contribution in [-0.2, 0) is 0 Å². The number of anilines is 1. The van der Waals surface area contributed by atoms with Gasteiger partial charge in [-0.3, -0.25) is 5.43 Å². The second-order valence-corrected chi connectivity index (χ2v) is 8.25. The van der Waals surface area contributed by atoms with E-state index in [0.29, 0.717) is 5.71 Å². The largest absolute Gasteiger partial charge is 0.272 e. The summed E-state index contributed by atoms with van der Waals surface area (Å²) in [5.41, 5.74) is 2.15. The van der Waals surface area contributed by atoms with Gasteiger partial charge in [0.1, 0.15) is 5.69 Å². The van der Waals surface area contributed by atoms with Crippen LogP contribution in [0.5, 0.6) is 0 Å². The fourth-order valence-electron chi connectivity index (χ4n) is 5.83. The Hall–Kier alpha value is -1.66. The van der Waals surface area contributed by atoms with Crippen molar-refractivity contribution in [2.75, 3.05) is 5.43 Å². The molecule has 4 aliphatic rings. The molecule has 4 aliphatic carbocycles. The molecule has 4 saturated carbocycles. The molecule has 136 valence electrons. The number of hydrogen-bond acceptors (Lipinski definition) is 3. The average Bonchev–Trinajstić information content (AvgIpc) is 2.51. The summed E-state index contributed by atoms with van der Waals surface area (Å²) in [7, 11) is 0. The molecule has 1 N–H and O–H groups in total. The molecule has 0 spiro atoms. The number of rotatable bonds is 4. The van der Waals surface area contributed by atoms with Gasteiger partial charge in [-0.05, 0) is 75.0 Å². The Balaban J connectivity index is 1.50. The average molecular weight is 355 g/mol. The molecule has 1 aromatic heterocycles. The Morgan fingerprint density at radius 3 is 1.96 bits per heavy atom. The molecule has 1 aromatic rings. The van der Waals surface area contributed by atoms with E-state index in [1.165, 1.54) is 38.5 Å². The van der Waals surface area contributed by atoms with Crippen molar-refractivity contribution < 1.29 is 17.6 Å². The van der Waals surface area contributed by atoms with Crippen LogP contribution in [0, 0.1) is 46.7 Å². The maximum absolute atomic E-state index is 13.6. The molecule has 0 atom stereocenters. The highest BCUT2D eigenvalue weighted by Gasteiger charge is 2.50. The van der Waals surface area contributed by atoms with Crippen molar-refractivity contribution in [1.29, 1.82) is 0 Å². The smallest absolute Gasteiger partial charge is 0.254 e. The molecular weight excluding hydrogens is 334 g/mol. The normalized spacial score (nSPS) is 33.8. The van der Waals surface area contributed by atoms with Crippen molar-refractivity contribution in [3.05, 3.63) is 23.5 Å². The number of halogens is 4. The van der Waals surface area contributed by atoms with Crippen molar-refractivity contribution in [2.45, 2.75) is 51.9 Å². The first-order valence-corrected chi connectivity index (χ1v) is 8.84. The number of aromatic nitrogens is 1. The minimum atomic E-state index is -1.68. The van der Waals surface area contributed by atoms with Gasteiger partial charge in [-0.25, -0.2) is 0 Å². The van der Waals surface area contributed by atoms with Crippen LogP contribution in [0.25, 0.3) is 0 Å². The highest BCUT2D eigenvalue weighted by molar-refractivity contribution is 5.83. The third kappa shape index (κ3) is 3.02. The summed E-state index contributed by atoms with van der Waals surface area (Å²) in [4.78, 5) is 2.54. The Bertz CT molecular complexity index is 670. The fraction of sp³-hybridized carbons (Fsp3) is 0.667. The van der Waals surface area contributed by atoms with Crippen LogP contribution in [0.2, 0.25) is 0 Å². The summed E-state index contributed by atoms with van der Waals surface area (Å²) in [6.07, 6.45) is 8.31. The van der Waals surface area contributed by atoms with Gasteiger partial charge in [-0.15, -0.1) is 0 Å². The molecule has 0 aromatic carbocycles. The van der Waals surface area contributed by atoms with Gasteiger partial charge in [0.15, 0.2) is 0 Å². The van der Waals surface area contributed by atoms with E-state index in [1.807, 2.05) is 0 Å². The minimum absolute atomic E-state index is 0.232. The van der Waals surface area contributed by atoms with Gasteiger partial charge in [0.2, 0.25) is 11.6 Å². The molecule has 0 aliphatic heterocycles. The van der Waals surface area contributed by atoms with Crippen LogP contribution < -0.4 is 5.43 Å².